The Morgan fingerprint density at radius 3 is 2.60 bits per heavy atom. The van der Waals surface area contributed by atoms with Gasteiger partial charge >= 0.3 is 25.2 Å². The Labute approximate surface area is 117 Å². The lowest BCUT2D eigenvalue weighted by molar-refractivity contribution is -0.145. The molecule has 20 heavy (non-hydrogen) atoms. The van der Waals surface area contributed by atoms with Gasteiger partial charge in [-0.15, -0.1) is 11.3 Å². The first-order chi connectivity index (χ1) is 9.44. The molecule has 1 aromatic heterocycles. The molecule has 0 atom stereocenters. The van der Waals surface area contributed by atoms with Crippen LogP contribution in [0.5, 0.6) is 0 Å². The third kappa shape index (κ3) is 3.68. The highest BCUT2D eigenvalue weighted by atomic mass is 32.1. The molecule has 2 N–H and O–H groups in total. The minimum atomic E-state index is -1.26. The zero-order chi connectivity index (χ0) is 14.7. The second-order valence-corrected chi connectivity index (χ2v) is 4.85. The van der Waals surface area contributed by atoms with Crippen LogP contribution >= 0.6 is 11.3 Å². The predicted molar refractivity (Wildman–Crippen MR) is 68.8 cm³/mol. The van der Waals surface area contributed by atoms with E-state index in [2.05, 4.69) is 10.3 Å². The Balaban J connectivity index is 2.13. The van der Waals surface area contributed by atoms with Gasteiger partial charge in [-0.25, -0.2) is 9.78 Å². The zero-order valence-corrected chi connectivity index (χ0v) is 11.2. The van der Waals surface area contributed by atoms with E-state index in [1.54, 1.807) is 7.05 Å². The Morgan fingerprint density at radius 2 is 2.05 bits per heavy atom. The number of hydrogen-bond acceptors (Lipinski definition) is 8. The van der Waals surface area contributed by atoms with E-state index in [0.29, 0.717) is 0 Å². The van der Waals surface area contributed by atoms with Crippen molar-refractivity contribution >= 4 is 47.2 Å². The van der Waals surface area contributed by atoms with Crippen LogP contribution in [-0.4, -0.2) is 60.3 Å². The maximum absolute atomic E-state index is 11.5. The first kappa shape index (κ1) is 14.3. The Kier molecular flexibility index (Phi) is 4.20. The van der Waals surface area contributed by atoms with Crippen LogP contribution in [0, 0.1) is 0 Å². The van der Waals surface area contributed by atoms with Gasteiger partial charge in [-0.2, -0.15) is 0 Å². The molecule has 1 aromatic rings. The van der Waals surface area contributed by atoms with Crippen LogP contribution in [0.1, 0.15) is 0 Å². The average Bonchev–Trinajstić information content (AvgIpc) is 2.73. The summed E-state index contributed by atoms with van der Waals surface area (Å²) in [6, 6.07) is 0. The number of aromatic nitrogens is 1. The molecule has 1 fully saturated rings. The predicted octanol–water partition coefficient (Wildman–Crippen LogP) is -1.04. The minimum Gasteiger partial charge on any atom is -0.493 e. The van der Waals surface area contributed by atoms with Crippen molar-refractivity contribution in [1.82, 2.24) is 9.88 Å². The number of likely N-dealkylation sites (N-methyl/N-ethyl adjacent to an activating group) is 1. The van der Waals surface area contributed by atoms with Gasteiger partial charge < -0.3 is 14.4 Å². The summed E-state index contributed by atoms with van der Waals surface area (Å²) >= 11 is 0.990. The average molecular weight is 299 g/mol. The largest absolute Gasteiger partial charge is 0.657 e. The number of carbonyl (C=O) groups is 3. The van der Waals surface area contributed by atoms with Gasteiger partial charge in [0, 0.05) is 5.38 Å². The van der Waals surface area contributed by atoms with Crippen LogP contribution in [0.3, 0.4) is 0 Å². The van der Waals surface area contributed by atoms with E-state index in [-0.39, 0.29) is 23.8 Å². The van der Waals surface area contributed by atoms with Gasteiger partial charge in [0.1, 0.15) is 5.59 Å². The molecule has 106 valence electrons. The summed E-state index contributed by atoms with van der Waals surface area (Å²) in [5.41, 5.74) is 0.157. The van der Waals surface area contributed by atoms with Gasteiger partial charge in [-0.3, -0.25) is 19.8 Å². The summed E-state index contributed by atoms with van der Waals surface area (Å²) in [6.07, 6.45) is -1.26. The summed E-state index contributed by atoms with van der Waals surface area (Å²) in [5.74, 6) is -1.13. The van der Waals surface area contributed by atoms with Crippen molar-refractivity contribution in [2.24, 2.45) is 0 Å². The molecule has 2 heterocycles. The van der Waals surface area contributed by atoms with Crippen molar-refractivity contribution in [1.29, 1.82) is 0 Å². The number of rotatable bonds is 2. The number of anilines is 1. The highest BCUT2D eigenvalue weighted by molar-refractivity contribution is 7.14. The van der Waals surface area contributed by atoms with Gasteiger partial charge in [0.05, 0.1) is 13.1 Å². The van der Waals surface area contributed by atoms with Gasteiger partial charge in [-0.05, 0) is 7.05 Å². The molecule has 0 bridgehead atoms. The molecular formula is C9H10BN3O6S. The topological polar surface area (TPSA) is 118 Å². The van der Waals surface area contributed by atoms with Crippen molar-refractivity contribution in [3.05, 3.63) is 5.38 Å². The Hall–Kier alpha value is -2.14. The summed E-state index contributed by atoms with van der Waals surface area (Å²) in [5, 5.41) is 12.2. The SMILES string of the molecule is CN1CC(=O)OB(c2csc(NC(=O)O)n2)OC(=O)C1. The summed E-state index contributed by atoms with van der Waals surface area (Å²) in [4.78, 5) is 38.9. The standard InChI is InChI=1S/C9H10BN3O6S/c1-13-2-6(14)18-10(19-7(15)3-13)5-4-20-8(11-5)12-9(16)17/h4H,2-3H2,1H3,(H,11,12)(H,16,17). The molecule has 1 aliphatic rings. The quantitative estimate of drug-likeness (QED) is 0.665. The van der Waals surface area contributed by atoms with E-state index >= 15 is 0 Å². The molecule has 11 heteroatoms. The van der Waals surface area contributed by atoms with Crippen molar-refractivity contribution < 1.29 is 28.8 Å². The first-order valence-corrected chi connectivity index (χ1v) is 6.35. The maximum Gasteiger partial charge on any atom is 0.657 e. The summed E-state index contributed by atoms with van der Waals surface area (Å²) in [7, 11) is 0.324. The maximum atomic E-state index is 11.5. The fourth-order valence-corrected chi connectivity index (χ4v) is 2.20. The molecule has 0 spiro atoms. The van der Waals surface area contributed by atoms with Crippen LogP contribution in [-0.2, 0) is 18.9 Å². The number of thiazole rings is 1. The normalized spacial score (nSPS) is 16.9. The second-order valence-electron chi connectivity index (χ2n) is 3.99. The lowest BCUT2D eigenvalue weighted by atomic mass is 9.85. The van der Waals surface area contributed by atoms with Gasteiger partial charge in [0.15, 0.2) is 5.13 Å². The molecule has 0 unspecified atom stereocenters. The Morgan fingerprint density at radius 1 is 1.45 bits per heavy atom. The third-order valence-corrected chi connectivity index (χ3v) is 3.03. The van der Waals surface area contributed by atoms with E-state index in [0.717, 1.165) is 11.3 Å². The molecule has 1 saturated heterocycles. The summed E-state index contributed by atoms with van der Waals surface area (Å²) in [6.45, 7) is -0.0913. The number of carbonyl (C=O) groups excluding carboxylic acids is 2. The molecule has 0 radical (unpaired) electrons. The van der Waals surface area contributed by atoms with Gasteiger partial charge in [-0.1, -0.05) is 0 Å². The van der Waals surface area contributed by atoms with Crippen LogP contribution < -0.4 is 10.9 Å². The third-order valence-electron chi connectivity index (χ3n) is 2.25. The molecule has 1 aliphatic heterocycles. The van der Waals surface area contributed by atoms with E-state index in [1.807, 2.05) is 0 Å². The van der Waals surface area contributed by atoms with Gasteiger partial charge in [0.25, 0.3) is 0 Å². The van der Waals surface area contributed by atoms with Crippen LogP contribution in [0.4, 0.5) is 9.93 Å². The van der Waals surface area contributed by atoms with E-state index in [1.165, 1.54) is 10.3 Å². The van der Waals surface area contributed by atoms with Crippen LogP contribution in [0.25, 0.3) is 0 Å². The molecule has 9 nitrogen and oxygen atoms in total. The molecular weight excluding hydrogens is 289 g/mol. The van der Waals surface area contributed by atoms with E-state index in [9.17, 15) is 14.4 Å². The fourth-order valence-electron chi connectivity index (χ4n) is 1.50. The molecule has 2 rings (SSSR count). The smallest absolute Gasteiger partial charge is 0.493 e. The van der Waals surface area contributed by atoms with Crippen LogP contribution in [0.15, 0.2) is 5.38 Å². The number of hydrogen-bond donors (Lipinski definition) is 2. The van der Waals surface area contributed by atoms with Crippen molar-refractivity contribution in [2.45, 2.75) is 0 Å². The van der Waals surface area contributed by atoms with Crippen molar-refractivity contribution in [3.8, 4) is 0 Å². The van der Waals surface area contributed by atoms with Crippen molar-refractivity contribution in [2.75, 3.05) is 25.5 Å². The Bertz CT molecular complexity index is 530. The molecule has 0 saturated carbocycles. The monoisotopic (exact) mass is 299 g/mol. The lowest BCUT2D eigenvalue weighted by Gasteiger charge is -2.21. The zero-order valence-electron chi connectivity index (χ0n) is 10.4. The minimum absolute atomic E-state index is 0.0457. The number of nitrogens with one attached hydrogen (secondary N) is 1. The number of amides is 1. The number of nitrogens with zero attached hydrogens (tertiary/aromatic N) is 2. The molecule has 0 aromatic carbocycles. The van der Waals surface area contributed by atoms with Crippen molar-refractivity contribution in [3.63, 3.8) is 0 Å². The fraction of sp³-hybridized carbons (Fsp3) is 0.333. The molecule has 1 amide bonds. The number of carboxylic acid groups (broad SMARTS) is 1. The van der Waals surface area contributed by atoms with Gasteiger partial charge in [0.2, 0.25) is 0 Å². The highest BCUT2D eigenvalue weighted by Gasteiger charge is 2.36. The summed E-state index contributed by atoms with van der Waals surface area (Å²) < 4.78 is 9.96. The highest BCUT2D eigenvalue weighted by Crippen LogP contribution is 2.11. The second kappa shape index (κ2) is 5.88. The lowest BCUT2D eigenvalue weighted by Crippen LogP contribution is -2.48. The van der Waals surface area contributed by atoms with E-state index in [4.69, 9.17) is 14.4 Å². The van der Waals surface area contributed by atoms with Crippen LogP contribution in [0.2, 0.25) is 0 Å². The van der Waals surface area contributed by atoms with E-state index < -0.39 is 25.2 Å². The molecule has 0 aliphatic carbocycles. The first-order valence-electron chi connectivity index (χ1n) is 5.47.